The summed E-state index contributed by atoms with van der Waals surface area (Å²) in [5, 5.41) is 23.6. The van der Waals surface area contributed by atoms with Gasteiger partial charge < -0.3 is 31.7 Å². The first-order valence-corrected chi connectivity index (χ1v) is 16.7. The van der Waals surface area contributed by atoms with Crippen molar-refractivity contribution in [2.24, 2.45) is 11.7 Å². The van der Waals surface area contributed by atoms with E-state index >= 15 is 0 Å². The first-order valence-electron chi connectivity index (χ1n) is 16.7. The van der Waals surface area contributed by atoms with Gasteiger partial charge in [0, 0.05) is 17.5 Å². The Kier molecular flexibility index (Phi) is 12.7. The van der Waals surface area contributed by atoms with Crippen LogP contribution in [-0.2, 0) is 16.0 Å². The fraction of sp³-hybridized carbons (Fsp3) is 0.472. The van der Waals surface area contributed by atoms with Crippen LogP contribution >= 0.6 is 0 Å². The van der Waals surface area contributed by atoms with Gasteiger partial charge in [0.2, 0.25) is 11.8 Å². The van der Waals surface area contributed by atoms with Crippen LogP contribution in [0.4, 0.5) is 15.4 Å². The van der Waals surface area contributed by atoms with E-state index in [1.807, 2.05) is 75.4 Å². The Balaban J connectivity index is 1.51. The molecule has 1 heterocycles. The molecule has 0 radical (unpaired) electrons. The number of aliphatic hydroxyl groups is 1. The van der Waals surface area contributed by atoms with E-state index < -0.39 is 48.0 Å². The van der Waals surface area contributed by atoms with Gasteiger partial charge >= 0.3 is 12.1 Å². The Morgan fingerprint density at radius 3 is 2.31 bits per heavy atom. The van der Waals surface area contributed by atoms with E-state index in [1.165, 1.54) is 6.42 Å². The molecule has 4 rings (SSSR count). The van der Waals surface area contributed by atoms with E-state index in [0.717, 1.165) is 36.6 Å². The molecule has 6 amide bonds. The van der Waals surface area contributed by atoms with Crippen molar-refractivity contribution in [3.8, 4) is 0 Å². The molecule has 2 aromatic carbocycles. The maximum atomic E-state index is 13.7. The minimum absolute atomic E-state index is 0.0295. The van der Waals surface area contributed by atoms with Crippen LogP contribution in [0, 0.1) is 5.92 Å². The molecule has 48 heavy (non-hydrogen) atoms. The van der Waals surface area contributed by atoms with Gasteiger partial charge in [0.25, 0.3) is 0 Å². The average molecular weight is 660 g/mol. The number of nitrogens with zero attached hydrogens (tertiary/aromatic N) is 2. The standard InChI is InChI=1S/C36H49N7O5/c1-36(2,3)42-35(48)43(22-25-14-8-5-9-15-25)23-30(44)28(20-24-12-6-4-7-13-24)39-33(46)29(21-31(37)45)40-34(47)41-32-19-18-26-16-10-11-17-27(26)38-32/h4,6-7,10-13,16-19,25,28-30,44H,5,8-9,14-15,20-23H2,1-3H3,(H2,37,45)(H,39,46)(H,42,48)(H2,38,40,41,47). The molecule has 3 atom stereocenters. The quantitative estimate of drug-likeness (QED) is 0.161. The van der Waals surface area contributed by atoms with Gasteiger partial charge in [-0.15, -0.1) is 0 Å². The Morgan fingerprint density at radius 1 is 0.938 bits per heavy atom. The smallest absolute Gasteiger partial charge is 0.321 e. The van der Waals surface area contributed by atoms with Crippen molar-refractivity contribution in [2.75, 3.05) is 18.4 Å². The lowest BCUT2D eigenvalue weighted by Crippen LogP contribution is -2.58. The van der Waals surface area contributed by atoms with Gasteiger partial charge in [-0.05, 0) is 69.7 Å². The molecule has 3 unspecified atom stereocenters. The summed E-state index contributed by atoms with van der Waals surface area (Å²) in [6, 6.07) is 16.9. The number of hydrogen-bond acceptors (Lipinski definition) is 6. The molecule has 12 heteroatoms. The number of hydrogen-bond donors (Lipinski definition) is 6. The van der Waals surface area contributed by atoms with Gasteiger partial charge in [-0.25, -0.2) is 14.6 Å². The van der Waals surface area contributed by atoms with Gasteiger partial charge in [0.15, 0.2) is 0 Å². The summed E-state index contributed by atoms with van der Waals surface area (Å²) in [6.07, 6.45) is 4.00. The summed E-state index contributed by atoms with van der Waals surface area (Å²) >= 11 is 0. The van der Waals surface area contributed by atoms with Crippen molar-refractivity contribution in [1.29, 1.82) is 0 Å². The number of pyridine rings is 1. The maximum Gasteiger partial charge on any atom is 0.321 e. The third-order valence-corrected chi connectivity index (χ3v) is 8.34. The highest BCUT2D eigenvalue weighted by atomic mass is 16.3. The second-order valence-electron chi connectivity index (χ2n) is 13.7. The van der Waals surface area contributed by atoms with Crippen LogP contribution in [0.1, 0.15) is 64.9 Å². The number of rotatable bonds is 13. The molecule has 0 saturated heterocycles. The molecule has 1 aromatic heterocycles. The fourth-order valence-corrected chi connectivity index (χ4v) is 5.97. The maximum absolute atomic E-state index is 13.7. The summed E-state index contributed by atoms with van der Waals surface area (Å²) < 4.78 is 0. The number of aromatic nitrogens is 1. The molecule has 258 valence electrons. The van der Waals surface area contributed by atoms with Gasteiger partial charge in [-0.1, -0.05) is 67.8 Å². The lowest BCUT2D eigenvalue weighted by molar-refractivity contribution is -0.128. The second-order valence-corrected chi connectivity index (χ2v) is 13.7. The molecule has 0 spiro atoms. The Bertz CT molecular complexity index is 1540. The van der Waals surface area contributed by atoms with Crippen molar-refractivity contribution in [2.45, 2.75) is 89.4 Å². The molecule has 12 nitrogen and oxygen atoms in total. The molecule has 1 aliphatic carbocycles. The third kappa shape index (κ3) is 11.5. The molecule has 3 aromatic rings. The van der Waals surface area contributed by atoms with Gasteiger partial charge in [-0.3, -0.25) is 14.9 Å². The van der Waals surface area contributed by atoms with Crippen molar-refractivity contribution >= 4 is 40.6 Å². The number of urea groups is 2. The summed E-state index contributed by atoms with van der Waals surface area (Å²) in [5.74, 6) is -0.919. The van der Waals surface area contributed by atoms with Crippen molar-refractivity contribution in [1.82, 2.24) is 25.8 Å². The molecule has 1 fully saturated rings. The number of anilines is 1. The van der Waals surface area contributed by atoms with E-state index in [0.29, 0.717) is 18.0 Å². The summed E-state index contributed by atoms with van der Waals surface area (Å²) in [7, 11) is 0. The van der Waals surface area contributed by atoms with Crippen LogP contribution in [0.2, 0.25) is 0 Å². The first kappa shape index (κ1) is 36.1. The summed E-state index contributed by atoms with van der Waals surface area (Å²) in [5.41, 5.74) is 6.51. The van der Waals surface area contributed by atoms with Crippen LogP contribution in [-0.4, -0.2) is 75.7 Å². The highest BCUT2D eigenvalue weighted by molar-refractivity contribution is 5.96. The van der Waals surface area contributed by atoms with Crippen molar-refractivity contribution < 1.29 is 24.3 Å². The summed E-state index contributed by atoms with van der Waals surface area (Å²) in [4.78, 5) is 58.2. The minimum atomic E-state index is -1.34. The van der Waals surface area contributed by atoms with Crippen molar-refractivity contribution in [3.05, 3.63) is 72.3 Å². The number of amides is 6. The molecule has 0 bridgehead atoms. The number of benzene rings is 2. The van der Waals surface area contributed by atoms with Crippen LogP contribution in [0.25, 0.3) is 10.9 Å². The van der Waals surface area contributed by atoms with E-state index in [4.69, 9.17) is 5.73 Å². The van der Waals surface area contributed by atoms with Crippen LogP contribution in [0.5, 0.6) is 0 Å². The normalized spacial score (nSPS) is 15.5. The topological polar surface area (TPSA) is 179 Å². The van der Waals surface area contributed by atoms with Crippen molar-refractivity contribution in [3.63, 3.8) is 0 Å². The molecular weight excluding hydrogens is 610 g/mol. The van der Waals surface area contributed by atoms with E-state index in [2.05, 4.69) is 26.3 Å². The molecule has 1 aliphatic rings. The predicted octanol–water partition coefficient (Wildman–Crippen LogP) is 4.08. The number of aliphatic hydroxyl groups excluding tert-OH is 1. The fourth-order valence-electron chi connectivity index (χ4n) is 5.97. The number of nitrogens with one attached hydrogen (secondary N) is 4. The molecular formula is C36H49N7O5. The number of fused-ring (bicyclic) bond motifs is 1. The minimum Gasteiger partial charge on any atom is -0.389 e. The zero-order valence-electron chi connectivity index (χ0n) is 28.1. The SMILES string of the molecule is CC(C)(C)NC(=O)N(CC1CCCCC1)CC(O)C(Cc1ccccc1)NC(=O)C(CC(N)=O)NC(=O)Nc1ccc2ccccc2n1. The number of nitrogens with two attached hydrogens (primary N) is 1. The first-order chi connectivity index (χ1) is 22.9. The van der Waals surface area contributed by atoms with Crippen LogP contribution < -0.4 is 27.0 Å². The Labute approximate surface area is 282 Å². The lowest BCUT2D eigenvalue weighted by atomic mass is 9.89. The monoisotopic (exact) mass is 659 g/mol. The lowest BCUT2D eigenvalue weighted by Gasteiger charge is -2.35. The van der Waals surface area contributed by atoms with E-state index in [1.54, 1.807) is 17.0 Å². The van der Waals surface area contributed by atoms with E-state index in [9.17, 15) is 24.3 Å². The van der Waals surface area contributed by atoms with Gasteiger partial charge in [0.1, 0.15) is 11.9 Å². The largest absolute Gasteiger partial charge is 0.389 e. The second kappa shape index (κ2) is 16.9. The zero-order valence-corrected chi connectivity index (χ0v) is 28.1. The summed E-state index contributed by atoms with van der Waals surface area (Å²) in [6.45, 7) is 6.15. The Morgan fingerprint density at radius 2 is 1.62 bits per heavy atom. The van der Waals surface area contributed by atoms with Crippen LogP contribution in [0.15, 0.2) is 66.7 Å². The molecule has 7 N–H and O–H groups in total. The number of carbonyl (C=O) groups is 4. The van der Waals surface area contributed by atoms with Gasteiger partial charge in [0.05, 0.1) is 30.6 Å². The predicted molar refractivity (Wildman–Crippen MR) is 186 cm³/mol. The highest BCUT2D eigenvalue weighted by Crippen LogP contribution is 2.25. The van der Waals surface area contributed by atoms with Gasteiger partial charge in [-0.2, -0.15) is 0 Å². The number of carbonyl (C=O) groups excluding carboxylic acids is 4. The highest BCUT2D eigenvalue weighted by Gasteiger charge is 2.32. The molecule has 1 saturated carbocycles. The van der Waals surface area contributed by atoms with Crippen LogP contribution in [0.3, 0.4) is 0 Å². The third-order valence-electron chi connectivity index (χ3n) is 8.34. The average Bonchev–Trinajstić information content (AvgIpc) is 3.03. The number of primary amides is 1. The zero-order chi connectivity index (χ0) is 34.7. The number of para-hydroxylation sites is 1. The van der Waals surface area contributed by atoms with E-state index in [-0.39, 0.29) is 24.8 Å². The Hall–Kier alpha value is -4.71. The molecule has 0 aliphatic heterocycles.